The van der Waals surface area contributed by atoms with Gasteiger partial charge in [0.05, 0.1) is 13.7 Å². The lowest BCUT2D eigenvalue weighted by molar-refractivity contribution is -0.116. The van der Waals surface area contributed by atoms with Gasteiger partial charge < -0.3 is 14.8 Å². The number of allylic oxidation sites excluding steroid dienone is 2. The summed E-state index contributed by atoms with van der Waals surface area (Å²) in [4.78, 5) is 17.6. The summed E-state index contributed by atoms with van der Waals surface area (Å²) in [6, 6.07) is 5.60. The summed E-state index contributed by atoms with van der Waals surface area (Å²) in [6.45, 7) is 4.91. The number of Topliss-reactive ketones (excluding diaryl/α,β-unsaturated/α-hetero) is 1. The minimum Gasteiger partial charge on any atom is -0.493 e. The zero-order valence-electron chi connectivity index (χ0n) is 18.4. The number of nitrogens with one attached hydrogen (secondary N) is 1. The van der Waals surface area contributed by atoms with Crippen LogP contribution >= 0.6 is 11.8 Å². The molecule has 1 aromatic heterocycles. The molecule has 0 amide bonds. The zero-order valence-corrected chi connectivity index (χ0v) is 19.3. The van der Waals surface area contributed by atoms with E-state index in [0.29, 0.717) is 29.9 Å². The molecule has 1 N–H and O–H groups in total. The lowest BCUT2D eigenvalue weighted by atomic mass is 9.85. The first-order chi connectivity index (χ1) is 15.2. The minimum atomic E-state index is -0.319. The number of benzene rings is 1. The highest BCUT2D eigenvalue weighted by Crippen LogP contribution is 2.42. The van der Waals surface area contributed by atoms with Gasteiger partial charge >= 0.3 is 0 Å². The number of carbonyl (C=O) groups excluding carboxylic acids is 1. The predicted molar refractivity (Wildman–Crippen MR) is 122 cm³/mol. The van der Waals surface area contributed by atoms with Crippen LogP contribution in [0, 0.1) is 0 Å². The van der Waals surface area contributed by atoms with E-state index >= 15 is 0 Å². The predicted octanol–water partition coefficient (Wildman–Crippen LogP) is 4.99. The van der Waals surface area contributed by atoms with Gasteiger partial charge in [0.1, 0.15) is 6.04 Å². The van der Waals surface area contributed by atoms with Gasteiger partial charge in [0, 0.05) is 17.7 Å². The zero-order chi connectivity index (χ0) is 21.8. The number of carbonyl (C=O) groups is 1. The SMILES string of the molecule is CCCCCOc1ccc([C@H]2C3=C(CCCC3=O)Nc3nc(SCC)nn32)cc1OC. The number of thioether (sulfide) groups is 1. The maximum Gasteiger partial charge on any atom is 0.227 e. The molecule has 0 fully saturated rings. The van der Waals surface area contributed by atoms with E-state index in [4.69, 9.17) is 14.6 Å². The van der Waals surface area contributed by atoms with E-state index in [1.807, 2.05) is 22.9 Å². The Hall–Kier alpha value is -2.48. The summed E-state index contributed by atoms with van der Waals surface area (Å²) >= 11 is 1.59. The standard InChI is InChI=1S/C23H30N4O3S/c1-4-6-7-13-30-18-12-11-15(14-19(18)29-3)21-20-16(9-8-10-17(20)28)24-22-25-23(31-5-2)26-27(21)22/h11-12,14,21H,4-10,13H2,1-3H3,(H,24,25,26)/t21-/m0/s1. The van der Waals surface area contributed by atoms with Crippen molar-refractivity contribution < 1.29 is 14.3 Å². The van der Waals surface area contributed by atoms with E-state index in [-0.39, 0.29) is 11.8 Å². The number of anilines is 1. The lowest BCUT2D eigenvalue weighted by Crippen LogP contribution is -2.31. The third kappa shape index (κ3) is 4.44. The molecule has 166 valence electrons. The van der Waals surface area contributed by atoms with Crippen LogP contribution in [0.4, 0.5) is 5.95 Å². The van der Waals surface area contributed by atoms with E-state index in [1.165, 1.54) is 0 Å². The fourth-order valence-electron chi connectivity index (χ4n) is 4.14. The largest absolute Gasteiger partial charge is 0.493 e. The molecule has 2 aliphatic rings. The van der Waals surface area contributed by atoms with Gasteiger partial charge in [-0.05, 0) is 42.7 Å². The molecule has 31 heavy (non-hydrogen) atoms. The Bertz CT molecular complexity index is 985. The van der Waals surface area contributed by atoms with Crippen LogP contribution in [0.2, 0.25) is 0 Å². The van der Waals surface area contributed by atoms with Crippen molar-refractivity contribution in [3.8, 4) is 11.5 Å². The number of nitrogens with zero attached hydrogens (tertiary/aromatic N) is 3. The van der Waals surface area contributed by atoms with Crippen LogP contribution in [0.3, 0.4) is 0 Å². The number of rotatable bonds is 9. The fraction of sp³-hybridized carbons (Fsp3) is 0.522. The first kappa shape index (κ1) is 21.7. The molecule has 0 unspecified atom stereocenters. The number of unbranched alkanes of at least 4 members (excludes halogenated alkanes) is 2. The molecule has 1 aliphatic carbocycles. The average molecular weight is 443 g/mol. The van der Waals surface area contributed by atoms with Crippen molar-refractivity contribution in [2.45, 2.75) is 63.6 Å². The van der Waals surface area contributed by atoms with E-state index in [0.717, 1.165) is 60.4 Å². The van der Waals surface area contributed by atoms with Gasteiger partial charge in [-0.1, -0.05) is 44.5 Å². The van der Waals surface area contributed by atoms with Crippen LogP contribution in [0.15, 0.2) is 34.6 Å². The van der Waals surface area contributed by atoms with Crippen molar-refractivity contribution in [3.63, 3.8) is 0 Å². The molecule has 0 bridgehead atoms. The number of ether oxygens (including phenoxy) is 2. The number of fused-ring (bicyclic) bond motifs is 1. The van der Waals surface area contributed by atoms with Crippen LogP contribution < -0.4 is 14.8 Å². The molecule has 0 radical (unpaired) electrons. The summed E-state index contributed by atoms with van der Waals surface area (Å²) in [5.74, 6) is 3.14. The molecule has 4 rings (SSSR count). The van der Waals surface area contributed by atoms with Gasteiger partial charge in [-0.25, -0.2) is 4.68 Å². The van der Waals surface area contributed by atoms with E-state index < -0.39 is 0 Å². The Morgan fingerprint density at radius 2 is 2.10 bits per heavy atom. The minimum absolute atomic E-state index is 0.170. The van der Waals surface area contributed by atoms with E-state index in [1.54, 1.807) is 18.9 Å². The second-order valence-corrected chi connectivity index (χ2v) is 8.99. The topological polar surface area (TPSA) is 78.3 Å². The van der Waals surface area contributed by atoms with Crippen LogP contribution in [-0.2, 0) is 4.79 Å². The summed E-state index contributed by atoms with van der Waals surface area (Å²) in [5, 5.41) is 8.80. The molecule has 2 aromatic rings. The smallest absolute Gasteiger partial charge is 0.227 e. The third-order valence-corrected chi connectivity index (χ3v) is 6.35. The van der Waals surface area contributed by atoms with Crippen molar-refractivity contribution in [3.05, 3.63) is 35.0 Å². The van der Waals surface area contributed by atoms with E-state index in [9.17, 15) is 4.79 Å². The monoisotopic (exact) mass is 442 g/mol. The first-order valence-electron chi connectivity index (χ1n) is 11.1. The molecule has 1 aliphatic heterocycles. The highest BCUT2D eigenvalue weighted by molar-refractivity contribution is 7.99. The van der Waals surface area contributed by atoms with Crippen molar-refractivity contribution in [2.24, 2.45) is 0 Å². The Morgan fingerprint density at radius 3 is 2.87 bits per heavy atom. The molecule has 7 nitrogen and oxygen atoms in total. The van der Waals surface area contributed by atoms with Crippen molar-refractivity contribution in [1.29, 1.82) is 0 Å². The maximum atomic E-state index is 13.0. The molecule has 0 spiro atoms. The fourth-order valence-corrected chi connectivity index (χ4v) is 4.70. The van der Waals surface area contributed by atoms with Gasteiger partial charge in [-0.15, -0.1) is 5.10 Å². The second kappa shape index (κ2) is 9.77. The number of ketones is 1. The van der Waals surface area contributed by atoms with Crippen LogP contribution in [0.25, 0.3) is 0 Å². The third-order valence-electron chi connectivity index (χ3n) is 5.63. The second-order valence-electron chi connectivity index (χ2n) is 7.76. The maximum absolute atomic E-state index is 13.0. The molecule has 8 heteroatoms. The van der Waals surface area contributed by atoms with Gasteiger partial charge in [-0.2, -0.15) is 4.98 Å². The quantitative estimate of drug-likeness (QED) is 0.433. The molecular weight excluding hydrogens is 412 g/mol. The molecule has 1 aromatic carbocycles. The Morgan fingerprint density at radius 1 is 1.23 bits per heavy atom. The Labute approximate surface area is 187 Å². The van der Waals surface area contributed by atoms with Crippen LogP contribution in [0.5, 0.6) is 11.5 Å². The molecule has 0 saturated heterocycles. The lowest BCUT2D eigenvalue weighted by Gasteiger charge is -2.32. The molecular formula is C23H30N4O3S. The Balaban J connectivity index is 1.72. The van der Waals surface area contributed by atoms with Crippen molar-refractivity contribution >= 4 is 23.5 Å². The summed E-state index contributed by atoms with van der Waals surface area (Å²) in [7, 11) is 1.65. The summed E-state index contributed by atoms with van der Waals surface area (Å²) in [5.41, 5.74) is 2.70. The number of aromatic nitrogens is 3. The average Bonchev–Trinajstić information content (AvgIpc) is 3.18. The summed E-state index contributed by atoms with van der Waals surface area (Å²) in [6.07, 6.45) is 5.57. The van der Waals surface area contributed by atoms with Crippen molar-refractivity contribution in [1.82, 2.24) is 14.8 Å². The van der Waals surface area contributed by atoms with Crippen molar-refractivity contribution in [2.75, 3.05) is 24.8 Å². The molecule has 2 heterocycles. The van der Waals surface area contributed by atoms with Gasteiger partial charge in [0.25, 0.3) is 0 Å². The van der Waals surface area contributed by atoms with Gasteiger partial charge in [0.2, 0.25) is 11.1 Å². The molecule has 0 saturated carbocycles. The number of hydrogen-bond acceptors (Lipinski definition) is 7. The summed E-state index contributed by atoms with van der Waals surface area (Å²) < 4.78 is 13.4. The van der Waals surface area contributed by atoms with Gasteiger partial charge in [-0.3, -0.25) is 4.79 Å². The highest BCUT2D eigenvalue weighted by atomic mass is 32.2. The van der Waals surface area contributed by atoms with Gasteiger partial charge in [0.15, 0.2) is 17.3 Å². The van der Waals surface area contributed by atoms with E-state index in [2.05, 4.69) is 24.1 Å². The van der Waals surface area contributed by atoms with Crippen LogP contribution in [-0.4, -0.2) is 40.0 Å². The Kier molecular flexibility index (Phi) is 6.85. The molecule has 1 atom stereocenters. The number of hydrogen-bond donors (Lipinski definition) is 1. The normalized spacial score (nSPS) is 17.8. The highest BCUT2D eigenvalue weighted by Gasteiger charge is 2.37. The van der Waals surface area contributed by atoms with Crippen LogP contribution in [0.1, 0.15) is 64.0 Å². The first-order valence-corrected chi connectivity index (χ1v) is 12.1. The number of methoxy groups -OCH3 is 1.